The number of sulfone groups is 1. The third kappa shape index (κ3) is 5.72. The predicted molar refractivity (Wildman–Crippen MR) is 134 cm³/mol. The van der Waals surface area contributed by atoms with Gasteiger partial charge in [-0.05, 0) is 50.3 Å². The number of thiazole rings is 1. The van der Waals surface area contributed by atoms with Crippen molar-refractivity contribution in [2.45, 2.75) is 32.6 Å². The topological polar surface area (TPSA) is 79.8 Å². The number of likely N-dealkylation sites (N-methyl/N-ethyl adjacent to an activating group) is 1. The lowest BCUT2D eigenvalue weighted by Gasteiger charge is -2.25. The van der Waals surface area contributed by atoms with E-state index in [0.717, 1.165) is 23.3 Å². The van der Waals surface area contributed by atoms with Crippen LogP contribution < -0.4 is 9.64 Å². The summed E-state index contributed by atoms with van der Waals surface area (Å²) in [6, 6.07) is 12.0. The van der Waals surface area contributed by atoms with Gasteiger partial charge < -0.3 is 9.64 Å². The van der Waals surface area contributed by atoms with E-state index in [4.69, 9.17) is 9.72 Å². The Morgan fingerprint density at radius 1 is 1.03 bits per heavy atom. The highest BCUT2D eigenvalue weighted by molar-refractivity contribution is 7.91. The lowest BCUT2D eigenvalue weighted by molar-refractivity contribution is 0.0983. The molecule has 2 aromatic carbocycles. The number of aromatic nitrogens is 1. The van der Waals surface area contributed by atoms with Gasteiger partial charge in [-0.15, -0.1) is 0 Å². The lowest BCUT2D eigenvalue weighted by Crippen LogP contribution is -2.39. The van der Waals surface area contributed by atoms with Crippen LogP contribution in [0.2, 0.25) is 0 Å². The van der Waals surface area contributed by atoms with Gasteiger partial charge in [0.1, 0.15) is 11.3 Å². The summed E-state index contributed by atoms with van der Waals surface area (Å²) in [7, 11) is -3.42. The van der Waals surface area contributed by atoms with Crippen molar-refractivity contribution in [3.63, 3.8) is 0 Å². The number of rotatable bonds is 11. The summed E-state index contributed by atoms with van der Waals surface area (Å²) < 4.78 is 31.4. The van der Waals surface area contributed by atoms with Crippen molar-refractivity contribution in [2.24, 2.45) is 0 Å². The van der Waals surface area contributed by atoms with Crippen molar-refractivity contribution >= 4 is 42.4 Å². The van der Waals surface area contributed by atoms with Crippen LogP contribution in [-0.4, -0.2) is 62.7 Å². The fraction of sp³-hybridized carbons (Fsp3) is 0.417. The molecule has 0 atom stereocenters. The zero-order chi connectivity index (χ0) is 24.0. The second-order valence-corrected chi connectivity index (χ2v) is 10.7. The molecule has 0 unspecified atom stereocenters. The molecule has 0 saturated carbocycles. The molecule has 7 nitrogen and oxygen atoms in total. The first-order valence-electron chi connectivity index (χ1n) is 11.2. The van der Waals surface area contributed by atoms with E-state index in [1.165, 1.54) is 23.5 Å². The van der Waals surface area contributed by atoms with Crippen LogP contribution in [0.15, 0.2) is 47.4 Å². The van der Waals surface area contributed by atoms with Crippen LogP contribution in [0.1, 0.15) is 38.1 Å². The molecule has 3 aromatic rings. The smallest absolute Gasteiger partial charge is 0.260 e. The van der Waals surface area contributed by atoms with Crippen molar-refractivity contribution < 1.29 is 17.9 Å². The fourth-order valence-electron chi connectivity index (χ4n) is 3.51. The van der Waals surface area contributed by atoms with Gasteiger partial charge in [0.25, 0.3) is 5.91 Å². The lowest BCUT2D eigenvalue weighted by atomic mass is 10.2. The molecule has 0 aliphatic carbocycles. The fourth-order valence-corrected chi connectivity index (χ4v) is 5.44. The molecule has 0 spiro atoms. The molecule has 1 heterocycles. The Morgan fingerprint density at radius 3 is 2.42 bits per heavy atom. The largest absolute Gasteiger partial charge is 0.492 e. The molecular formula is C24H31N3O4S2. The third-order valence-electron chi connectivity index (χ3n) is 5.50. The van der Waals surface area contributed by atoms with E-state index < -0.39 is 9.84 Å². The minimum absolute atomic E-state index is 0.0195. The number of para-hydroxylation sites is 1. The van der Waals surface area contributed by atoms with Crippen molar-refractivity contribution in [1.29, 1.82) is 0 Å². The number of benzene rings is 2. The summed E-state index contributed by atoms with van der Waals surface area (Å²) in [5.41, 5.74) is 1.05. The maximum atomic E-state index is 13.6. The van der Waals surface area contributed by atoms with Gasteiger partial charge in [0.15, 0.2) is 15.0 Å². The van der Waals surface area contributed by atoms with E-state index in [1.54, 1.807) is 24.0 Å². The normalized spacial score (nSPS) is 11.8. The van der Waals surface area contributed by atoms with Gasteiger partial charge in [0.2, 0.25) is 0 Å². The number of fused-ring (bicyclic) bond motifs is 1. The molecule has 1 amide bonds. The Hall–Kier alpha value is -2.49. The molecule has 0 saturated heterocycles. The molecule has 0 N–H and O–H groups in total. The second-order valence-electron chi connectivity index (χ2n) is 7.45. The SMILES string of the molecule is CCOc1cccc2sc(N(CCN(CC)CC)C(=O)c3cccc(S(=O)(=O)CC)c3)nc12. The maximum Gasteiger partial charge on any atom is 0.260 e. The maximum absolute atomic E-state index is 13.6. The van der Waals surface area contributed by atoms with Gasteiger partial charge in [-0.25, -0.2) is 13.4 Å². The highest BCUT2D eigenvalue weighted by Gasteiger charge is 2.24. The minimum atomic E-state index is -3.42. The molecule has 0 fully saturated rings. The van der Waals surface area contributed by atoms with Gasteiger partial charge >= 0.3 is 0 Å². The first-order chi connectivity index (χ1) is 15.8. The molecule has 9 heteroatoms. The number of anilines is 1. The van der Waals surface area contributed by atoms with Gasteiger partial charge in [-0.1, -0.05) is 44.2 Å². The van der Waals surface area contributed by atoms with E-state index >= 15 is 0 Å². The molecule has 3 rings (SSSR count). The Bertz CT molecular complexity index is 1200. The average Bonchev–Trinajstić information content (AvgIpc) is 3.27. The Kier molecular flexibility index (Phi) is 8.45. The quantitative estimate of drug-likeness (QED) is 0.395. The number of carbonyl (C=O) groups excluding carboxylic acids is 1. The summed E-state index contributed by atoms with van der Waals surface area (Å²) in [5.74, 6) is 0.394. The summed E-state index contributed by atoms with van der Waals surface area (Å²) >= 11 is 1.43. The number of hydrogen-bond acceptors (Lipinski definition) is 7. The zero-order valence-electron chi connectivity index (χ0n) is 19.6. The van der Waals surface area contributed by atoms with Crippen molar-refractivity contribution in [1.82, 2.24) is 9.88 Å². The van der Waals surface area contributed by atoms with Crippen LogP contribution in [-0.2, 0) is 9.84 Å². The Labute approximate surface area is 199 Å². The third-order valence-corrected chi connectivity index (χ3v) is 8.28. The van der Waals surface area contributed by atoms with Crippen LogP contribution in [0.3, 0.4) is 0 Å². The van der Waals surface area contributed by atoms with Crippen molar-refractivity contribution in [2.75, 3.05) is 43.4 Å². The van der Waals surface area contributed by atoms with Crippen LogP contribution in [0.5, 0.6) is 5.75 Å². The van der Waals surface area contributed by atoms with Crippen LogP contribution in [0.4, 0.5) is 5.13 Å². The Balaban J connectivity index is 2.03. The van der Waals surface area contributed by atoms with Gasteiger partial charge in [-0.2, -0.15) is 0 Å². The molecule has 0 radical (unpaired) electrons. The van der Waals surface area contributed by atoms with Crippen molar-refractivity contribution in [3.8, 4) is 5.75 Å². The predicted octanol–water partition coefficient (Wildman–Crippen LogP) is 4.48. The van der Waals surface area contributed by atoms with Gasteiger partial charge in [0.05, 0.1) is 22.0 Å². The molecular weight excluding hydrogens is 458 g/mol. The number of ether oxygens (including phenoxy) is 1. The molecule has 0 bridgehead atoms. The van der Waals surface area contributed by atoms with E-state index in [2.05, 4.69) is 18.7 Å². The van der Waals surface area contributed by atoms with E-state index in [0.29, 0.717) is 36.1 Å². The highest BCUT2D eigenvalue weighted by Crippen LogP contribution is 2.35. The molecule has 33 heavy (non-hydrogen) atoms. The van der Waals surface area contributed by atoms with Crippen LogP contribution >= 0.6 is 11.3 Å². The first kappa shape index (κ1) is 25.1. The molecule has 178 valence electrons. The summed E-state index contributed by atoms with van der Waals surface area (Å²) in [6.45, 7) is 11.1. The second kappa shape index (κ2) is 11.1. The molecule has 0 aliphatic heterocycles. The van der Waals surface area contributed by atoms with Crippen molar-refractivity contribution in [3.05, 3.63) is 48.0 Å². The van der Waals surface area contributed by atoms with Gasteiger partial charge in [-0.3, -0.25) is 9.69 Å². The number of nitrogens with zero attached hydrogens (tertiary/aromatic N) is 3. The van der Waals surface area contributed by atoms with E-state index in [-0.39, 0.29) is 16.6 Å². The van der Waals surface area contributed by atoms with E-state index in [9.17, 15) is 13.2 Å². The Morgan fingerprint density at radius 2 is 1.76 bits per heavy atom. The number of hydrogen-bond donors (Lipinski definition) is 0. The summed E-state index contributed by atoms with van der Waals surface area (Å²) in [5, 5.41) is 0.568. The monoisotopic (exact) mass is 489 g/mol. The molecule has 1 aromatic heterocycles. The standard InChI is InChI=1S/C24H31N3O4S2/c1-5-26(6-2)15-16-27(23(28)18-11-9-12-19(17-18)33(29,30)8-4)24-25-22-20(31-7-3)13-10-14-21(22)32-24/h9-14,17H,5-8,15-16H2,1-4H3. The minimum Gasteiger partial charge on any atom is -0.492 e. The van der Waals surface area contributed by atoms with Gasteiger partial charge in [0, 0.05) is 18.7 Å². The van der Waals surface area contributed by atoms with Crippen LogP contribution in [0.25, 0.3) is 10.2 Å². The first-order valence-corrected chi connectivity index (χ1v) is 13.7. The zero-order valence-corrected chi connectivity index (χ0v) is 21.2. The average molecular weight is 490 g/mol. The highest BCUT2D eigenvalue weighted by atomic mass is 32.2. The van der Waals surface area contributed by atoms with Crippen LogP contribution in [0, 0.1) is 0 Å². The number of carbonyl (C=O) groups is 1. The number of amides is 1. The summed E-state index contributed by atoms with van der Waals surface area (Å²) in [6.07, 6.45) is 0. The summed E-state index contributed by atoms with van der Waals surface area (Å²) in [4.78, 5) is 22.4. The molecule has 0 aliphatic rings. The van der Waals surface area contributed by atoms with E-state index in [1.807, 2.05) is 25.1 Å².